The van der Waals surface area contributed by atoms with Gasteiger partial charge in [-0.3, -0.25) is 4.79 Å². The predicted octanol–water partition coefficient (Wildman–Crippen LogP) is 0.722. The normalized spacial score (nSPS) is 12.5. The van der Waals surface area contributed by atoms with Crippen LogP contribution in [0.15, 0.2) is 0 Å². The van der Waals surface area contributed by atoms with Crippen molar-refractivity contribution in [2.75, 3.05) is 0 Å². The number of carboxylic acids is 1. The number of aliphatic hydroxyl groups is 1. The summed E-state index contributed by atoms with van der Waals surface area (Å²) in [4.78, 5) is 21.8. The molecule has 0 fully saturated rings. The number of hydrogen-bond donors (Lipinski definition) is 3. The molecule has 0 aromatic rings. The fourth-order valence-electron chi connectivity index (χ4n) is 1.42. The third-order valence-corrected chi connectivity index (χ3v) is 2.16. The Morgan fingerprint density at radius 2 is 1.67 bits per heavy atom. The Morgan fingerprint density at radius 3 is 2.00 bits per heavy atom. The van der Waals surface area contributed by atoms with Gasteiger partial charge in [-0.25, -0.2) is 4.79 Å². The van der Waals surface area contributed by atoms with Crippen molar-refractivity contribution in [3.8, 4) is 0 Å². The zero-order chi connectivity index (χ0) is 11.8. The maximum absolute atomic E-state index is 11.5. The van der Waals surface area contributed by atoms with Crippen LogP contribution >= 0.6 is 0 Å². The van der Waals surface area contributed by atoms with Gasteiger partial charge in [0.25, 0.3) is 0 Å². The van der Waals surface area contributed by atoms with Gasteiger partial charge in [-0.05, 0) is 12.8 Å². The smallest absolute Gasteiger partial charge is 0.353 e. The van der Waals surface area contributed by atoms with E-state index in [4.69, 9.17) is 10.2 Å². The van der Waals surface area contributed by atoms with Crippen LogP contribution in [0, 0.1) is 5.92 Å². The molecule has 5 nitrogen and oxygen atoms in total. The highest BCUT2D eigenvalue weighted by molar-refractivity contribution is 5.83. The second kappa shape index (κ2) is 7.23. The second-order valence-electron chi connectivity index (χ2n) is 3.52. The molecule has 1 unspecified atom stereocenters. The summed E-state index contributed by atoms with van der Waals surface area (Å²) in [5.74, 6) is -2.02. The molecule has 88 valence electrons. The molecule has 0 saturated heterocycles. The van der Waals surface area contributed by atoms with E-state index in [-0.39, 0.29) is 11.8 Å². The highest BCUT2D eigenvalue weighted by atomic mass is 16.4. The van der Waals surface area contributed by atoms with E-state index in [0.717, 1.165) is 12.8 Å². The third kappa shape index (κ3) is 5.37. The molecule has 5 heteroatoms. The van der Waals surface area contributed by atoms with Gasteiger partial charge in [0.15, 0.2) is 0 Å². The number of aliphatic hydroxyl groups excluding tert-OH is 1. The van der Waals surface area contributed by atoms with Gasteiger partial charge in [-0.15, -0.1) is 0 Å². The minimum absolute atomic E-state index is 0.200. The summed E-state index contributed by atoms with van der Waals surface area (Å²) in [7, 11) is 0. The molecule has 0 aliphatic heterocycles. The fourth-order valence-corrected chi connectivity index (χ4v) is 1.42. The largest absolute Gasteiger partial charge is 0.478 e. The summed E-state index contributed by atoms with van der Waals surface area (Å²) < 4.78 is 0. The number of amides is 1. The van der Waals surface area contributed by atoms with E-state index in [2.05, 4.69) is 5.32 Å². The molecule has 0 saturated carbocycles. The van der Waals surface area contributed by atoms with Crippen molar-refractivity contribution in [3.05, 3.63) is 0 Å². The molecule has 0 aliphatic carbocycles. The molecule has 0 heterocycles. The minimum Gasteiger partial charge on any atom is -0.478 e. The molecule has 3 N–H and O–H groups in total. The lowest BCUT2D eigenvalue weighted by Crippen LogP contribution is -2.43. The van der Waals surface area contributed by atoms with Crippen LogP contribution < -0.4 is 5.32 Å². The zero-order valence-electron chi connectivity index (χ0n) is 9.19. The number of carbonyl (C=O) groups excluding carboxylic acids is 1. The van der Waals surface area contributed by atoms with Crippen LogP contribution in [0.25, 0.3) is 0 Å². The van der Waals surface area contributed by atoms with Gasteiger partial charge in [0.2, 0.25) is 12.1 Å². The number of carboxylic acid groups (broad SMARTS) is 1. The first-order chi connectivity index (χ1) is 7.02. The van der Waals surface area contributed by atoms with Gasteiger partial charge in [0.05, 0.1) is 0 Å². The number of nitrogens with one attached hydrogen (secondary N) is 1. The van der Waals surface area contributed by atoms with Gasteiger partial charge < -0.3 is 15.5 Å². The highest BCUT2D eigenvalue weighted by Crippen LogP contribution is 2.13. The third-order valence-electron chi connectivity index (χ3n) is 2.16. The first kappa shape index (κ1) is 13.9. The average molecular weight is 217 g/mol. The van der Waals surface area contributed by atoms with Gasteiger partial charge in [-0.1, -0.05) is 26.7 Å². The monoisotopic (exact) mass is 217 g/mol. The highest BCUT2D eigenvalue weighted by Gasteiger charge is 2.22. The maximum atomic E-state index is 11.5. The predicted molar refractivity (Wildman–Crippen MR) is 55.1 cm³/mol. The molecular formula is C10H19NO4. The van der Waals surface area contributed by atoms with Crippen molar-refractivity contribution in [1.82, 2.24) is 5.32 Å². The standard InChI is InChI=1S/C10H19NO4/c1-3-5-7(6-4-2)8(12)11-9(13)10(14)15/h7,9,13H,3-6H2,1-2H3,(H,11,12)(H,14,15). The van der Waals surface area contributed by atoms with Gasteiger partial charge in [0.1, 0.15) is 0 Å². The molecule has 0 aromatic carbocycles. The Bertz CT molecular complexity index is 211. The molecule has 15 heavy (non-hydrogen) atoms. The van der Waals surface area contributed by atoms with Crippen molar-refractivity contribution in [1.29, 1.82) is 0 Å². The molecule has 1 atom stereocenters. The number of carbonyl (C=O) groups is 2. The molecule has 0 spiro atoms. The van der Waals surface area contributed by atoms with Crippen molar-refractivity contribution in [2.24, 2.45) is 5.92 Å². The van der Waals surface area contributed by atoms with E-state index in [0.29, 0.717) is 12.8 Å². The molecule has 0 aromatic heterocycles. The fraction of sp³-hybridized carbons (Fsp3) is 0.800. The molecule has 0 bridgehead atoms. The summed E-state index contributed by atoms with van der Waals surface area (Å²) >= 11 is 0. The Hall–Kier alpha value is -1.10. The molecular weight excluding hydrogens is 198 g/mol. The maximum Gasteiger partial charge on any atom is 0.353 e. The van der Waals surface area contributed by atoms with Crippen molar-refractivity contribution < 1.29 is 19.8 Å². The summed E-state index contributed by atoms with van der Waals surface area (Å²) in [6.45, 7) is 3.92. The lowest BCUT2D eigenvalue weighted by molar-refractivity contribution is -0.152. The SMILES string of the molecule is CCCC(CCC)C(=O)NC(O)C(=O)O. The first-order valence-electron chi connectivity index (χ1n) is 5.24. The lowest BCUT2D eigenvalue weighted by atomic mass is 9.97. The quantitative estimate of drug-likeness (QED) is 0.548. The van der Waals surface area contributed by atoms with Crippen LogP contribution in [-0.2, 0) is 9.59 Å². The van der Waals surface area contributed by atoms with E-state index in [1.807, 2.05) is 13.8 Å². The molecule has 0 aliphatic rings. The molecule has 1 amide bonds. The van der Waals surface area contributed by atoms with Crippen LogP contribution in [0.3, 0.4) is 0 Å². The summed E-state index contributed by atoms with van der Waals surface area (Å²) in [5, 5.41) is 19.4. The van der Waals surface area contributed by atoms with Crippen LogP contribution in [0.5, 0.6) is 0 Å². The summed E-state index contributed by atoms with van der Waals surface area (Å²) in [6, 6.07) is 0. The number of rotatable bonds is 7. The zero-order valence-corrected chi connectivity index (χ0v) is 9.19. The lowest BCUT2D eigenvalue weighted by Gasteiger charge is -2.16. The number of hydrogen-bond acceptors (Lipinski definition) is 3. The van der Waals surface area contributed by atoms with Crippen molar-refractivity contribution in [3.63, 3.8) is 0 Å². The van der Waals surface area contributed by atoms with E-state index in [1.165, 1.54) is 0 Å². The van der Waals surface area contributed by atoms with Gasteiger partial charge >= 0.3 is 5.97 Å². The van der Waals surface area contributed by atoms with Crippen LogP contribution in [0.1, 0.15) is 39.5 Å². The topological polar surface area (TPSA) is 86.6 Å². The minimum atomic E-state index is -1.80. The average Bonchev–Trinajstić information content (AvgIpc) is 2.17. The van der Waals surface area contributed by atoms with Crippen molar-refractivity contribution in [2.45, 2.75) is 45.8 Å². The van der Waals surface area contributed by atoms with Crippen LogP contribution in [0.4, 0.5) is 0 Å². The number of aliphatic carboxylic acids is 1. The van der Waals surface area contributed by atoms with E-state index in [1.54, 1.807) is 0 Å². The van der Waals surface area contributed by atoms with E-state index >= 15 is 0 Å². The Balaban J connectivity index is 4.18. The van der Waals surface area contributed by atoms with Gasteiger partial charge in [0, 0.05) is 5.92 Å². The summed E-state index contributed by atoms with van der Waals surface area (Å²) in [5.41, 5.74) is 0. The van der Waals surface area contributed by atoms with Crippen LogP contribution in [-0.4, -0.2) is 28.3 Å². The molecule has 0 radical (unpaired) electrons. The summed E-state index contributed by atoms with van der Waals surface area (Å²) in [6.07, 6.45) is 1.36. The first-order valence-corrected chi connectivity index (χ1v) is 5.24. The molecule has 0 rings (SSSR count). The van der Waals surface area contributed by atoms with E-state index in [9.17, 15) is 9.59 Å². The Morgan fingerprint density at radius 1 is 1.20 bits per heavy atom. The van der Waals surface area contributed by atoms with Crippen molar-refractivity contribution >= 4 is 11.9 Å². The second-order valence-corrected chi connectivity index (χ2v) is 3.52. The van der Waals surface area contributed by atoms with Gasteiger partial charge in [-0.2, -0.15) is 0 Å². The Labute approximate surface area is 89.5 Å². The van der Waals surface area contributed by atoms with E-state index < -0.39 is 12.2 Å². The Kier molecular flexibility index (Phi) is 6.70. The van der Waals surface area contributed by atoms with Crippen LogP contribution in [0.2, 0.25) is 0 Å².